The third-order valence-corrected chi connectivity index (χ3v) is 2.86. The number of nitrogen functional groups attached to an aromatic ring is 1. The lowest BCUT2D eigenvalue weighted by Gasteiger charge is -2.08. The molecule has 0 spiro atoms. The van der Waals surface area contributed by atoms with Gasteiger partial charge in [-0.05, 0) is 18.2 Å². The second kappa shape index (κ2) is 4.29. The summed E-state index contributed by atoms with van der Waals surface area (Å²) < 4.78 is 5.15. The zero-order valence-electron chi connectivity index (χ0n) is 8.23. The van der Waals surface area contributed by atoms with E-state index in [1.165, 1.54) is 0 Å². The van der Waals surface area contributed by atoms with E-state index in [0.29, 0.717) is 0 Å². The minimum absolute atomic E-state index is 0.720. The summed E-state index contributed by atoms with van der Waals surface area (Å²) in [5, 5.41) is 2.91. The second-order valence-electron chi connectivity index (χ2n) is 2.90. The fraction of sp³-hybridized carbons (Fsp3) is 0.100. The van der Waals surface area contributed by atoms with Crippen molar-refractivity contribution in [2.24, 2.45) is 5.84 Å². The summed E-state index contributed by atoms with van der Waals surface area (Å²) in [4.78, 5) is 4.23. The molecule has 2 aromatic rings. The number of hydrazine groups is 1. The number of nitrogens with zero attached hydrogens (tertiary/aromatic N) is 1. The molecule has 4 nitrogen and oxygen atoms in total. The molecule has 0 atom stereocenters. The third-order valence-electron chi connectivity index (χ3n) is 2.03. The van der Waals surface area contributed by atoms with Gasteiger partial charge < -0.3 is 10.2 Å². The van der Waals surface area contributed by atoms with Gasteiger partial charge in [0.05, 0.1) is 12.8 Å². The summed E-state index contributed by atoms with van der Waals surface area (Å²) in [5.41, 5.74) is 4.38. The molecule has 2 rings (SSSR count). The number of benzene rings is 1. The number of hydrogen-bond acceptors (Lipinski definition) is 5. The third kappa shape index (κ3) is 1.93. The molecule has 1 heterocycles. The van der Waals surface area contributed by atoms with Crippen LogP contribution >= 0.6 is 11.3 Å². The number of thiazole rings is 1. The van der Waals surface area contributed by atoms with E-state index in [-0.39, 0.29) is 0 Å². The maximum atomic E-state index is 5.40. The largest absolute Gasteiger partial charge is 0.495 e. The first kappa shape index (κ1) is 9.95. The lowest BCUT2D eigenvalue weighted by atomic mass is 10.2. The highest BCUT2D eigenvalue weighted by Gasteiger charge is 2.05. The van der Waals surface area contributed by atoms with Crippen LogP contribution in [0.2, 0.25) is 0 Å². The van der Waals surface area contributed by atoms with Crippen molar-refractivity contribution in [3.8, 4) is 16.3 Å². The van der Waals surface area contributed by atoms with Crippen molar-refractivity contribution in [1.82, 2.24) is 4.98 Å². The molecule has 0 aliphatic carbocycles. The van der Waals surface area contributed by atoms with Crippen LogP contribution < -0.4 is 16.0 Å². The highest BCUT2D eigenvalue weighted by molar-refractivity contribution is 7.13. The van der Waals surface area contributed by atoms with Crippen LogP contribution in [0.1, 0.15) is 0 Å². The van der Waals surface area contributed by atoms with E-state index in [1.807, 2.05) is 23.6 Å². The van der Waals surface area contributed by atoms with Gasteiger partial charge in [-0.15, -0.1) is 11.3 Å². The van der Waals surface area contributed by atoms with Gasteiger partial charge in [-0.1, -0.05) is 0 Å². The Balaban J connectivity index is 2.43. The smallest absolute Gasteiger partial charge is 0.143 e. The van der Waals surface area contributed by atoms with E-state index >= 15 is 0 Å². The van der Waals surface area contributed by atoms with E-state index in [9.17, 15) is 0 Å². The van der Waals surface area contributed by atoms with Crippen LogP contribution in [0.4, 0.5) is 5.69 Å². The lowest BCUT2D eigenvalue weighted by molar-refractivity contribution is 0.416. The summed E-state index contributed by atoms with van der Waals surface area (Å²) in [6.07, 6.45) is 1.78. The first-order chi connectivity index (χ1) is 7.35. The minimum atomic E-state index is 0.720. The van der Waals surface area contributed by atoms with Crippen molar-refractivity contribution >= 4 is 17.0 Å². The molecule has 0 fully saturated rings. The molecule has 0 bridgehead atoms. The van der Waals surface area contributed by atoms with E-state index in [1.54, 1.807) is 24.6 Å². The van der Waals surface area contributed by atoms with Crippen LogP contribution in [0.25, 0.3) is 10.6 Å². The van der Waals surface area contributed by atoms with Gasteiger partial charge in [-0.25, -0.2) is 4.98 Å². The first-order valence-corrected chi connectivity index (χ1v) is 5.27. The Morgan fingerprint density at radius 3 is 2.93 bits per heavy atom. The van der Waals surface area contributed by atoms with E-state index in [0.717, 1.165) is 22.0 Å². The molecule has 0 saturated heterocycles. The number of aromatic nitrogens is 1. The maximum absolute atomic E-state index is 5.40. The monoisotopic (exact) mass is 221 g/mol. The van der Waals surface area contributed by atoms with Gasteiger partial charge in [-0.2, -0.15) is 0 Å². The fourth-order valence-corrected chi connectivity index (χ4v) is 1.96. The summed E-state index contributed by atoms with van der Waals surface area (Å²) in [6, 6.07) is 5.74. The van der Waals surface area contributed by atoms with Gasteiger partial charge in [-0.3, -0.25) is 5.84 Å². The molecule has 0 saturated carbocycles. The number of ether oxygens (including phenoxy) is 1. The molecule has 0 unspecified atom stereocenters. The zero-order chi connectivity index (χ0) is 10.7. The highest BCUT2D eigenvalue weighted by Crippen LogP contribution is 2.30. The van der Waals surface area contributed by atoms with Crippen LogP contribution in [-0.2, 0) is 0 Å². The number of nitrogens with one attached hydrogen (secondary N) is 1. The molecule has 0 aliphatic rings. The first-order valence-electron chi connectivity index (χ1n) is 4.39. The molecule has 5 heteroatoms. The highest BCUT2D eigenvalue weighted by atomic mass is 32.1. The van der Waals surface area contributed by atoms with Crippen molar-refractivity contribution in [2.75, 3.05) is 12.5 Å². The summed E-state index contributed by atoms with van der Waals surface area (Å²) in [5.74, 6) is 6.12. The van der Waals surface area contributed by atoms with Crippen LogP contribution in [-0.4, -0.2) is 12.1 Å². The fourth-order valence-electron chi connectivity index (χ4n) is 1.32. The Morgan fingerprint density at radius 2 is 2.33 bits per heavy atom. The molecule has 15 heavy (non-hydrogen) atoms. The van der Waals surface area contributed by atoms with E-state index in [2.05, 4.69) is 10.4 Å². The Morgan fingerprint density at radius 1 is 1.47 bits per heavy atom. The van der Waals surface area contributed by atoms with Gasteiger partial charge in [0.2, 0.25) is 0 Å². The zero-order valence-corrected chi connectivity index (χ0v) is 9.04. The molecular formula is C10H11N3OS. The molecule has 78 valence electrons. The van der Waals surface area contributed by atoms with Gasteiger partial charge in [0.1, 0.15) is 10.8 Å². The standard InChI is InChI=1S/C10H11N3OS/c1-14-9-3-2-7(6-8(9)13-11)10-12-4-5-15-10/h2-6,13H,11H2,1H3. The SMILES string of the molecule is COc1ccc(-c2nccs2)cc1NN. The average Bonchev–Trinajstić information content (AvgIpc) is 2.81. The second-order valence-corrected chi connectivity index (χ2v) is 3.79. The molecule has 1 aromatic carbocycles. The van der Waals surface area contributed by atoms with Crippen molar-refractivity contribution in [3.05, 3.63) is 29.8 Å². The maximum Gasteiger partial charge on any atom is 0.143 e. The molecule has 0 amide bonds. The van der Waals surface area contributed by atoms with E-state index < -0.39 is 0 Å². The summed E-state index contributed by atoms with van der Waals surface area (Å²) >= 11 is 1.59. The Labute approximate surface area is 91.7 Å². The lowest BCUT2D eigenvalue weighted by Crippen LogP contribution is -2.08. The van der Waals surface area contributed by atoms with Crippen LogP contribution in [0.5, 0.6) is 5.75 Å². The van der Waals surface area contributed by atoms with Crippen molar-refractivity contribution < 1.29 is 4.74 Å². The number of rotatable bonds is 3. The molecule has 0 aliphatic heterocycles. The average molecular weight is 221 g/mol. The Hall–Kier alpha value is -1.59. The number of nitrogens with two attached hydrogens (primary N) is 1. The van der Waals surface area contributed by atoms with Crippen molar-refractivity contribution in [3.63, 3.8) is 0 Å². The van der Waals surface area contributed by atoms with Crippen LogP contribution in [0, 0.1) is 0 Å². The quantitative estimate of drug-likeness (QED) is 0.615. The number of anilines is 1. The Kier molecular flexibility index (Phi) is 2.84. The topological polar surface area (TPSA) is 60.2 Å². The minimum Gasteiger partial charge on any atom is -0.495 e. The van der Waals surface area contributed by atoms with E-state index in [4.69, 9.17) is 10.6 Å². The summed E-state index contributed by atoms with van der Waals surface area (Å²) in [7, 11) is 1.61. The Bertz CT molecular complexity index is 442. The van der Waals surface area contributed by atoms with Crippen molar-refractivity contribution in [2.45, 2.75) is 0 Å². The van der Waals surface area contributed by atoms with Gasteiger partial charge >= 0.3 is 0 Å². The summed E-state index contributed by atoms with van der Waals surface area (Å²) in [6.45, 7) is 0. The van der Waals surface area contributed by atoms with Crippen LogP contribution in [0.3, 0.4) is 0 Å². The molecule has 0 radical (unpaired) electrons. The predicted molar refractivity (Wildman–Crippen MR) is 61.9 cm³/mol. The number of hydrogen-bond donors (Lipinski definition) is 2. The molecule has 1 aromatic heterocycles. The normalized spacial score (nSPS) is 10.0. The van der Waals surface area contributed by atoms with Gasteiger partial charge in [0, 0.05) is 17.1 Å². The predicted octanol–water partition coefficient (Wildman–Crippen LogP) is 2.10. The molecule has 3 N–H and O–H groups in total. The number of methoxy groups -OCH3 is 1. The van der Waals surface area contributed by atoms with Gasteiger partial charge in [0.15, 0.2) is 0 Å². The molecular weight excluding hydrogens is 210 g/mol. The van der Waals surface area contributed by atoms with Crippen molar-refractivity contribution in [1.29, 1.82) is 0 Å². The van der Waals surface area contributed by atoms with Gasteiger partial charge in [0.25, 0.3) is 0 Å². The van der Waals surface area contributed by atoms with Crippen LogP contribution in [0.15, 0.2) is 29.8 Å².